The Morgan fingerprint density at radius 3 is 2.47 bits per heavy atom. The van der Waals surface area contributed by atoms with Crippen molar-refractivity contribution in [2.75, 3.05) is 17.1 Å². The average molecular weight is 533 g/mol. The number of rotatable bonds is 7. The molecule has 36 heavy (non-hydrogen) atoms. The molecule has 0 bridgehead atoms. The minimum Gasteiger partial charge on any atom is -0.508 e. The number of aliphatic hydroxyl groups is 1. The van der Waals surface area contributed by atoms with Crippen molar-refractivity contribution in [3.63, 3.8) is 0 Å². The van der Waals surface area contributed by atoms with Gasteiger partial charge in [-0.1, -0.05) is 11.3 Å². The normalized spacial score (nSPS) is 17.9. The van der Waals surface area contributed by atoms with E-state index < -0.39 is 10.0 Å². The zero-order valence-corrected chi connectivity index (χ0v) is 21.4. The first-order valence-corrected chi connectivity index (χ1v) is 13.7. The number of carbonyl (C=O) groups is 1. The first-order chi connectivity index (χ1) is 17.1. The van der Waals surface area contributed by atoms with Crippen molar-refractivity contribution in [1.29, 1.82) is 0 Å². The van der Waals surface area contributed by atoms with Gasteiger partial charge in [0, 0.05) is 11.7 Å². The monoisotopic (exact) mass is 532 g/mol. The van der Waals surface area contributed by atoms with E-state index in [4.69, 9.17) is 4.74 Å². The molecular formula is C24H28N4O6S2. The number of phenolic OH excluding ortho intramolecular Hbond substituents is 1. The molecule has 1 heterocycles. The fourth-order valence-electron chi connectivity index (χ4n) is 4.02. The summed E-state index contributed by atoms with van der Waals surface area (Å²) >= 11 is 1.23. The molecule has 0 aliphatic heterocycles. The van der Waals surface area contributed by atoms with E-state index in [0.717, 1.165) is 12.8 Å². The number of amides is 2. The fraction of sp³-hybridized carbons (Fsp3) is 0.333. The smallest absolute Gasteiger partial charge is 0.321 e. The molecule has 12 heteroatoms. The third-order valence-corrected chi connectivity index (χ3v) is 8.41. The van der Waals surface area contributed by atoms with Gasteiger partial charge in [-0.2, -0.15) is 0 Å². The van der Waals surface area contributed by atoms with Crippen molar-refractivity contribution in [3.05, 3.63) is 48.2 Å². The van der Waals surface area contributed by atoms with Crippen LogP contribution in [-0.4, -0.2) is 48.9 Å². The number of thiazole rings is 1. The first kappa shape index (κ1) is 25.7. The molecule has 3 aromatic rings. The Morgan fingerprint density at radius 1 is 1.11 bits per heavy atom. The number of ether oxygens (including phenoxy) is 1. The number of aryl methyl sites for hydroxylation is 1. The van der Waals surface area contributed by atoms with Gasteiger partial charge in [0.2, 0.25) is 0 Å². The number of sulfonamides is 1. The Morgan fingerprint density at radius 2 is 1.81 bits per heavy atom. The fourth-order valence-corrected chi connectivity index (χ4v) is 6.24. The molecule has 1 fully saturated rings. The highest BCUT2D eigenvalue weighted by Gasteiger charge is 2.24. The van der Waals surface area contributed by atoms with Crippen LogP contribution in [0.5, 0.6) is 11.5 Å². The molecule has 1 aliphatic carbocycles. The van der Waals surface area contributed by atoms with Crippen molar-refractivity contribution < 1.29 is 28.2 Å². The molecule has 0 saturated heterocycles. The van der Waals surface area contributed by atoms with E-state index in [1.165, 1.54) is 48.8 Å². The van der Waals surface area contributed by atoms with E-state index in [2.05, 4.69) is 20.3 Å². The van der Waals surface area contributed by atoms with E-state index in [-0.39, 0.29) is 34.6 Å². The van der Waals surface area contributed by atoms with E-state index in [9.17, 15) is 23.4 Å². The largest absolute Gasteiger partial charge is 0.508 e. The Kier molecular flexibility index (Phi) is 7.67. The van der Waals surface area contributed by atoms with E-state index >= 15 is 0 Å². The third kappa shape index (κ3) is 6.07. The quantitative estimate of drug-likeness (QED) is 0.288. The first-order valence-electron chi connectivity index (χ1n) is 11.4. The molecule has 0 unspecified atom stereocenters. The van der Waals surface area contributed by atoms with E-state index in [1.54, 1.807) is 19.1 Å². The highest BCUT2D eigenvalue weighted by molar-refractivity contribution is 7.92. The molecular weight excluding hydrogens is 504 g/mol. The van der Waals surface area contributed by atoms with Crippen molar-refractivity contribution >= 4 is 38.2 Å². The highest BCUT2D eigenvalue weighted by atomic mass is 32.2. The summed E-state index contributed by atoms with van der Waals surface area (Å²) in [6, 6.07) is 10.1. The van der Waals surface area contributed by atoms with Gasteiger partial charge in [0.05, 0.1) is 23.8 Å². The SMILES string of the molecule is COc1ccc(-c2sc(NC(=O)N[C@H]3CC[C@H](O)CC3)nc2C)cc1S(=O)(=O)Nc1ccc(O)cc1. The molecule has 1 aromatic heterocycles. The molecule has 0 spiro atoms. The summed E-state index contributed by atoms with van der Waals surface area (Å²) in [7, 11) is -2.63. The number of phenols is 1. The number of carbonyl (C=O) groups excluding carboxylic acids is 1. The molecule has 192 valence electrons. The predicted molar refractivity (Wildman–Crippen MR) is 138 cm³/mol. The van der Waals surface area contributed by atoms with Crippen LogP contribution in [-0.2, 0) is 10.0 Å². The van der Waals surface area contributed by atoms with Crippen LogP contribution in [0.2, 0.25) is 0 Å². The lowest BCUT2D eigenvalue weighted by atomic mass is 9.93. The van der Waals surface area contributed by atoms with Crippen molar-refractivity contribution in [3.8, 4) is 21.9 Å². The number of hydrogen-bond acceptors (Lipinski definition) is 8. The number of methoxy groups -OCH3 is 1. The molecule has 0 atom stereocenters. The molecule has 0 radical (unpaired) electrons. The summed E-state index contributed by atoms with van der Waals surface area (Å²) in [5.74, 6) is 0.191. The summed E-state index contributed by atoms with van der Waals surface area (Å²) < 4.78 is 34.1. The van der Waals surface area contributed by atoms with Crippen LogP contribution >= 0.6 is 11.3 Å². The Bertz CT molecular complexity index is 1330. The lowest BCUT2D eigenvalue weighted by Crippen LogP contribution is -2.40. The minimum absolute atomic E-state index is 0.00404. The molecule has 4 rings (SSSR count). The minimum atomic E-state index is -4.01. The van der Waals surface area contributed by atoms with E-state index in [1.807, 2.05) is 0 Å². The Hall–Kier alpha value is -3.35. The van der Waals surface area contributed by atoms with Crippen LogP contribution in [0.15, 0.2) is 47.4 Å². The van der Waals surface area contributed by atoms with Gasteiger partial charge < -0.3 is 20.3 Å². The molecule has 1 saturated carbocycles. The topological polar surface area (TPSA) is 150 Å². The van der Waals surface area contributed by atoms with Crippen LogP contribution in [0.3, 0.4) is 0 Å². The van der Waals surface area contributed by atoms with Gasteiger partial charge in [-0.15, -0.1) is 0 Å². The van der Waals surface area contributed by atoms with Crippen molar-refractivity contribution in [2.24, 2.45) is 0 Å². The van der Waals surface area contributed by atoms with Gasteiger partial charge in [0.25, 0.3) is 10.0 Å². The van der Waals surface area contributed by atoms with Crippen molar-refractivity contribution in [1.82, 2.24) is 10.3 Å². The van der Waals surface area contributed by atoms with Crippen LogP contribution in [0, 0.1) is 6.92 Å². The van der Waals surface area contributed by atoms with Crippen LogP contribution < -0.4 is 20.1 Å². The molecule has 10 nitrogen and oxygen atoms in total. The second-order valence-corrected chi connectivity index (χ2v) is 11.2. The van der Waals surface area contributed by atoms with Gasteiger partial charge in [-0.05, 0) is 80.6 Å². The molecule has 1 aliphatic rings. The van der Waals surface area contributed by atoms with Crippen LogP contribution in [0.1, 0.15) is 31.4 Å². The average Bonchev–Trinajstić information content (AvgIpc) is 3.21. The van der Waals surface area contributed by atoms with Crippen LogP contribution in [0.25, 0.3) is 10.4 Å². The number of aromatic hydroxyl groups is 1. The zero-order chi connectivity index (χ0) is 25.9. The maximum Gasteiger partial charge on any atom is 0.321 e. The number of aliphatic hydroxyl groups excluding tert-OH is 1. The number of urea groups is 1. The molecule has 2 amide bonds. The second-order valence-electron chi connectivity index (χ2n) is 8.56. The second kappa shape index (κ2) is 10.7. The highest BCUT2D eigenvalue weighted by Crippen LogP contribution is 2.37. The summed E-state index contributed by atoms with van der Waals surface area (Å²) in [6.07, 6.45) is 2.46. The lowest BCUT2D eigenvalue weighted by molar-refractivity contribution is 0.118. The molecule has 5 N–H and O–H groups in total. The van der Waals surface area contributed by atoms with Gasteiger partial charge >= 0.3 is 6.03 Å². The van der Waals surface area contributed by atoms with Crippen LogP contribution in [0.4, 0.5) is 15.6 Å². The van der Waals surface area contributed by atoms with Crippen molar-refractivity contribution in [2.45, 2.75) is 49.6 Å². The summed E-state index contributed by atoms with van der Waals surface area (Å²) in [4.78, 5) is 17.5. The number of aromatic nitrogens is 1. The number of benzene rings is 2. The van der Waals surface area contributed by atoms with Gasteiger partial charge in [0.15, 0.2) is 5.13 Å². The van der Waals surface area contributed by atoms with Gasteiger partial charge in [0.1, 0.15) is 16.4 Å². The predicted octanol–water partition coefficient (Wildman–Crippen LogP) is 4.06. The number of anilines is 2. The Labute approximate surface area is 213 Å². The molecule has 2 aromatic carbocycles. The maximum atomic E-state index is 13.1. The number of nitrogens with zero attached hydrogens (tertiary/aromatic N) is 1. The standard InChI is InChI=1S/C24H28N4O6S2/c1-14-22(35-24(25-14)27-23(31)26-16-4-8-18(29)9-5-16)15-3-12-20(34-2)21(13-15)36(32,33)28-17-6-10-19(30)11-7-17/h3,6-7,10-13,16,18,28-30H,4-5,8-9H2,1-2H3,(H2,25,26,27,31)/t16-,18-. The zero-order valence-electron chi connectivity index (χ0n) is 19.8. The number of nitrogens with one attached hydrogen (secondary N) is 3. The summed E-state index contributed by atoms with van der Waals surface area (Å²) in [5.41, 5.74) is 1.53. The maximum absolute atomic E-state index is 13.1. The van der Waals surface area contributed by atoms with E-state index in [0.29, 0.717) is 39.8 Å². The summed E-state index contributed by atoms with van der Waals surface area (Å²) in [6.45, 7) is 1.78. The van der Waals surface area contributed by atoms with Gasteiger partial charge in [-0.3, -0.25) is 10.0 Å². The third-order valence-electron chi connectivity index (χ3n) is 5.88. The Balaban J connectivity index is 1.54. The lowest BCUT2D eigenvalue weighted by Gasteiger charge is -2.25. The summed E-state index contributed by atoms with van der Waals surface area (Å²) in [5, 5.41) is 25.1. The number of hydrogen-bond donors (Lipinski definition) is 5. The van der Waals surface area contributed by atoms with Gasteiger partial charge in [-0.25, -0.2) is 18.2 Å².